The topological polar surface area (TPSA) is 296 Å². The van der Waals surface area contributed by atoms with Crippen molar-refractivity contribution in [3.8, 4) is 11.5 Å². The third-order valence-electron chi connectivity index (χ3n) is 10.3. The van der Waals surface area contributed by atoms with Gasteiger partial charge in [-0.15, -0.1) is 0 Å². The van der Waals surface area contributed by atoms with Gasteiger partial charge >= 0.3 is 24.4 Å². The normalized spacial score (nSPS) is 15.5. The number of carbonyl (C=O) groups is 7. The van der Waals surface area contributed by atoms with Crippen LogP contribution in [-0.2, 0) is 52.3 Å². The Bertz CT molecular complexity index is 1980. The number of fused-ring (bicyclic) bond motifs is 1. The van der Waals surface area contributed by atoms with Gasteiger partial charge in [0.2, 0.25) is 17.7 Å². The molecule has 78 heavy (non-hydrogen) atoms. The first-order chi connectivity index (χ1) is 36.6. The molecule has 1 aliphatic rings. The highest BCUT2D eigenvalue weighted by Crippen LogP contribution is 2.31. The Morgan fingerprint density at radius 3 is 1.17 bits per heavy atom. The summed E-state index contributed by atoms with van der Waals surface area (Å²) in [4.78, 5) is 92.4. The largest absolute Gasteiger partial charge is 0.487 e. The zero-order chi connectivity index (χ0) is 58.2. The van der Waals surface area contributed by atoms with E-state index < -0.39 is 82.6 Å². The predicted molar refractivity (Wildman–Crippen MR) is 291 cm³/mol. The minimum absolute atomic E-state index is 0.0906. The summed E-state index contributed by atoms with van der Waals surface area (Å²) in [5.74, 6) is -1.01. The first-order valence-electron chi connectivity index (χ1n) is 27.1. The lowest BCUT2D eigenvalue weighted by molar-refractivity contribution is -0.128. The lowest BCUT2D eigenvalue weighted by Crippen LogP contribution is -2.53. The van der Waals surface area contributed by atoms with Gasteiger partial charge in [0.05, 0.1) is 52.9 Å². The molecule has 24 heteroatoms. The van der Waals surface area contributed by atoms with Gasteiger partial charge in [-0.3, -0.25) is 14.4 Å². The molecule has 1 heterocycles. The van der Waals surface area contributed by atoms with Crippen LogP contribution in [0.15, 0.2) is 18.2 Å². The van der Waals surface area contributed by atoms with Crippen LogP contribution in [0.5, 0.6) is 11.5 Å². The van der Waals surface area contributed by atoms with E-state index in [9.17, 15) is 33.6 Å². The number of amides is 7. The van der Waals surface area contributed by atoms with E-state index >= 15 is 0 Å². The molecule has 0 spiro atoms. The first-order valence-corrected chi connectivity index (χ1v) is 27.1. The summed E-state index contributed by atoms with van der Waals surface area (Å²) in [5, 5.41) is 19.3. The predicted octanol–water partition coefficient (Wildman–Crippen LogP) is 6.41. The van der Waals surface area contributed by atoms with Gasteiger partial charge in [0, 0.05) is 31.4 Å². The molecule has 0 radical (unpaired) electrons. The van der Waals surface area contributed by atoms with E-state index in [0.717, 1.165) is 0 Å². The van der Waals surface area contributed by atoms with E-state index in [1.807, 2.05) is 0 Å². The van der Waals surface area contributed by atoms with Crippen molar-refractivity contribution in [3.63, 3.8) is 0 Å². The fourth-order valence-corrected chi connectivity index (χ4v) is 6.97. The summed E-state index contributed by atoms with van der Waals surface area (Å²) < 4.78 is 55.9. The highest BCUT2D eigenvalue weighted by atomic mass is 16.6. The molecule has 0 unspecified atom stereocenters. The molecule has 0 saturated carbocycles. The molecule has 0 fully saturated rings. The van der Waals surface area contributed by atoms with Crippen molar-refractivity contribution in [3.05, 3.63) is 18.2 Å². The Hall–Kier alpha value is -5.85. The van der Waals surface area contributed by atoms with Gasteiger partial charge in [0.1, 0.15) is 53.7 Å². The van der Waals surface area contributed by atoms with Gasteiger partial charge in [-0.05, 0) is 153 Å². The molecule has 0 bridgehead atoms. The molecule has 7 N–H and O–H groups in total. The summed E-state index contributed by atoms with van der Waals surface area (Å²) in [5.41, 5.74) is -2.72. The zero-order valence-corrected chi connectivity index (χ0v) is 48.5. The van der Waals surface area contributed by atoms with E-state index in [1.165, 1.54) is 0 Å². The van der Waals surface area contributed by atoms with Crippen LogP contribution in [0.3, 0.4) is 0 Å². The number of hydrogen-bond acceptors (Lipinski definition) is 17. The molecular formula is C54H93N7O17. The van der Waals surface area contributed by atoms with Crippen molar-refractivity contribution in [2.75, 3.05) is 91.0 Å². The summed E-state index contributed by atoms with van der Waals surface area (Å²) >= 11 is 0. The molecule has 0 saturated heterocycles. The number of nitrogens with one attached hydrogen (secondary N) is 7. The molecule has 0 aliphatic carbocycles. The van der Waals surface area contributed by atoms with Crippen LogP contribution in [0.4, 0.5) is 24.9 Å². The molecule has 7 amide bonds. The number of carbonyl (C=O) groups excluding carboxylic acids is 7. The minimum atomic E-state index is -1.16. The fourth-order valence-electron chi connectivity index (χ4n) is 6.97. The zero-order valence-electron chi connectivity index (χ0n) is 48.5. The molecule has 24 nitrogen and oxygen atoms in total. The van der Waals surface area contributed by atoms with Crippen molar-refractivity contribution in [2.24, 2.45) is 0 Å². The maximum Gasteiger partial charge on any atom is 0.408 e. The lowest BCUT2D eigenvalue weighted by atomic mass is 10.0. The lowest BCUT2D eigenvalue weighted by Gasteiger charge is -2.25. The molecular weight excluding hydrogens is 1020 g/mol. The molecule has 1 aromatic carbocycles. The monoisotopic (exact) mass is 1110 g/mol. The van der Waals surface area contributed by atoms with Gasteiger partial charge in [0.15, 0.2) is 11.5 Å². The van der Waals surface area contributed by atoms with E-state index in [4.69, 9.17) is 47.4 Å². The number of unbranched alkanes of at least 4 members (excludes halogenated alkanes) is 3. The van der Waals surface area contributed by atoms with Gasteiger partial charge in [-0.2, -0.15) is 0 Å². The number of anilines is 1. The molecule has 446 valence electrons. The van der Waals surface area contributed by atoms with Gasteiger partial charge in [-0.25, -0.2) is 19.2 Å². The van der Waals surface area contributed by atoms with Crippen molar-refractivity contribution < 1.29 is 80.9 Å². The molecule has 1 aliphatic heterocycles. The average molecular weight is 1110 g/mol. The Labute approximate surface area is 461 Å². The molecule has 0 aromatic heterocycles. The second-order valence-electron chi connectivity index (χ2n) is 22.4. The van der Waals surface area contributed by atoms with Crippen LogP contribution in [-0.4, -0.2) is 168 Å². The number of alkyl carbamates (subject to hydrolysis) is 4. The van der Waals surface area contributed by atoms with Crippen LogP contribution in [0.25, 0.3) is 0 Å². The summed E-state index contributed by atoms with van der Waals surface area (Å²) in [6.07, 6.45) is 0.132. The van der Waals surface area contributed by atoms with Crippen molar-refractivity contribution in [1.82, 2.24) is 31.9 Å². The van der Waals surface area contributed by atoms with Crippen molar-refractivity contribution >= 4 is 47.8 Å². The van der Waals surface area contributed by atoms with Gasteiger partial charge < -0.3 is 84.6 Å². The number of benzene rings is 1. The molecule has 2 rings (SSSR count). The van der Waals surface area contributed by atoms with E-state index in [-0.39, 0.29) is 58.8 Å². The van der Waals surface area contributed by atoms with Gasteiger partial charge in [-0.1, -0.05) is 0 Å². The fraction of sp³-hybridized carbons (Fsp3) is 0.759. The van der Waals surface area contributed by atoms with Crippen LogP contribution in [0, 0.1) is 0 Å². The Kier molecular flexibility index (Phi) is 31.2. The Balaban J connectivity index is 2.32. The van der Waals surface area contributed by atoms with Crippen LogP contribution < -0.4 is 46.7 Å². The quantitative estimate of drug-likeness (QED) is 0.0487. The SMILES string of the molecule is CC(C)(C)OC(=O)NCCCC[C@H](NC(=O)OC(C)(C)C)C(=O)NCCCC[C@H](NC(=O)[C@H](CCCCNC(=O)OC(C)(C)C)NC(=O)OC(C)(C)C)C(=O)Nc1ccc2c(c1)OCCOCCOCCOCCOCCO2. The third-order valence-corrected chi connectivity index (χ3v) is 10.3. The smallest absolute Gasteiger partial charge is 0.408 e. The van der Waals surface area contributed by atoms with Crippen LogP contribution in [0.1, 0.15) is 141 Å². The van der Waals surface area contributed by atoms with Crippen LogP contribution >= 0.6 is 0 Å². The van der Waals surface area contributed by atoms with Crippen LogP contribution in [0.2, 0.25) is 0 Å². The minimum Gasteiger partial charge on any atom is -0.487 e. The van der Waals surface area contributed by atoms with E-state index in [1.54, 1.807) is 101 Å². The summed E-state index contributed by atoms with van der Waals surface area (Å²) in [6.45, 7) is 24.6. The Morgan fingerprint density at radius 1 is 0.410 bits per heavy atom. The maximum absolute atomic E-state index is 14.3. The molecule has 1 aromatic rings. The van der Waals surface area contributed by atoms with E-state index in [0.29, 0.717) is 102 Å². The van der Waals surface area contributed by atoms with Crippen molar-refractivity contribution in [1.29, 1.82) is 0 Å². The highest BCUT2D eigenvalue weighted by Gasteiger charge is 2.30. The molecule has 3 atom stereocenters. The first kappa shape index (κ1) is 68.3. The number of rotatable bonds is 22. The average Bonchev–Trinajstić information content (AvgIpc) is 3.30. The summed E-state index contributed by atoms with van der Waals surface area (Å²) in [7, 11) is 0. The highest BCUT2D eigenvalue weighted by molar-refractivity contribution is 5.98. The number of ether oxygens (including phenoxy) is 10. The summed E-state index contributed by atoms with van der Waals surface area (Å²) in [6, 6.07) is 1.58. The number of hydrogen-bond donors (Lipinski definition) is 7. The third kappa shape index (κ3) is 34.8. The standard InChI is InChI=1S/C54H93N7O17/c1-51(2,3)75-47(65)56-25-17-14-19-39(60-49(67)77-53(7,8)9)44(62)55-24-16-13-20-40(59-46(64)41(61-50(68)78-54(10,11)12)21-15-18-26-57-48(66)76-52(4,5)6)45(63)58-38-22-23-42-43(37-38)74-36-34-72-32-30-70-28-27-69-29-31-71-33-35-73-42/h22-23,37,39-41H,13-21,24-36H2,1-12H3,(H,55,62)(H,56,65)(H,57,66)(H,58,63)(H,59,64)(H,60,67)(H,61,68)/t39-,40-,41-/m0/s1. The van der Waals surface area contributed by atoms with Crippen molar-refractivity contribution in [2.45, 2.75) is 181 Å². The Morgan fingerprint density at radius 2 is 0.756 bits per heavy atom. The second kappa shape index (κ2) is 35.6. The maximum atomic E-state index is 14.3. The second-order valence-corrected chi connectivity index (χ2v) is 22.4. The van der Waals surface area contributed by atoms with Gasteiger partial charge in [0.25, 0.3) is 0 Å². The van der Waals surface area contributed by atoms with E-state index in [2.05, 4.69) is 37.2 Å².